The molecule has 0 saturated carbocycles. The van der Waals surface area contributed by atoms with Crippen LogP contribution >= 0.6 is 22.9 Å². The number of amides is 1. The van der Waals surface area contributed by atoms with E-state index in [1.807, 2.05) is 10.8 Å². The molecule has 0 radical (unpaired) electrons. The summed E-state index contributed by atoms with van der Waals surface area (Å²) in [5.74, 6) is -4.15. The molecule has 0 fully saturated rings. The minimum absolute atomic E-state index is 0.115. The van der Waals surface area contributed by atoms with E-state index >= 15 is 8.78 Å². The van der Waals surface area contributed by atoms with Gasteiger partial charge in [-0.25, -0.2) is 18.1 Å². The highest BCUT2D eigenvalue weighted by atomic mass is 35.5. The van der Waals surface area contributed by atoms with Crippen LogP contribution in [0, 0.1) is 6.92 Å². The largest absolute Gasteiger partial charge is 0.337 e. The average Bonchev–Trinajstić information content (AvgIpc) is 3.09. The van der Waals surface area contributed by atoms with Gasteiger partial charge in [-0.3, -0.25) is 4.79 Å². The zero-order chi connectivity index (χ0) is 23.5. The molecule has 0 aliphatic carbocycles. The van der Waals surface area contributed by atoms with Gasteiger partial charge in [0.1, 0.15) is 5.69 Å². The van der Waals surface area contributed by atoms with E-state index in [2.05, 4.69) is 4.98 Å². The lowest BCUT2D eigenvalue weighted by Gasteiger charge is -2.27. The number of halogens is 3. The number of alkyl halides is 2. The third kappa shape index (κ3) is 6.24. The highest BCUT2D eigenvalue weighted by Crippen LogP contribution is 2.34. The summed E-state index contributed by atoms with van der Waals surface area (Å²) in [5.41, 5.74) is 0.445. The van der Waals surface area contributed by atoms with Gasteiger partial charge in [0.25, 0.3) is 11.8 Å². The second-order valence-corrected chi connectivity index (χ2v) is 10.5. The fourth-order valence-corrected chi connectivity index (χ4v) is 4.43. The summed E-state index contributed by atoms with van der Waals surface area (Å²) in [5, 5.41) is 0.529. The van der Waals surface area contributed by atoms with Crippen LogP contribution in [-0.2, 0) is 22.5 Å². The topological polar surface area (TPSA) is 79.4 Å². The number of aromatic nitrogens is 1. The molecule has 0 unspecified atom stereocenters. The monoisotopic (exact) mass is 499 g/mol. The van der Waals surface area contributed by atoms with Crippen LogP contribution in [0.15, 0.2) is 54.6 Å². The zero-order valence-corrected chi connectivity index (χ0v) is 19.6. The number of nitrogens with one attached hydrogen (secondary N) is 1. The van der Waals surface area contributed by atoms with Gasteiger partial charge in [-0.1, -0.05) is 54.1 Å². The van der Waals surface area contributed by atoms with Crippen molar-refractivity contribution in [3.05, 3.63) is 81.3 Å². The first kappa shape index (κ1) is 24.1. The van der Waals surface area contributed by atoms with Crippen LogP contribution < -0.4 is 9.62 Å². The first-order valence-electron chi connectivity index (χ1n) is 9.37. The molecular formula is C21H20ClF2N3O3S2. The number of hydrogen-bond donors (Lipinski definition) is 1. The van der Waals surface area contributed by atoms with Gasteiger partial charge in [-0.05, 0) is 24.6 Å². The van der Waals surface area contributed by atoms with E-state index in [4.69, 9.17) is 11.6 Å². The molecule has 1 aromatic heterocycles. The maximum atomic E-state index is 15.1. The Hall–Kier alpha value is -2.56. The number of nitrogens with zero attached hydrogens (tertiary/aromatic N) is 2. The normalized spacial score (nSPS) is 11.9. The zero-order valence-electron chi connectivity index (χ0n) is 17.2. The summed E-state index contributed by atoms with van der Waals surface area (Å²) < 4.78 is 55.0. The van der Waals surface area contributed by atoms with E-state index in [1.165, 1.54) is 29.2 Å². The number of thiazole rings is 1. The molecular weight excluding hydrogens is 480 g/mol. The smallest absolute Gasteiger partial charge is 0.290 e. The molecule has 32 heavy (non-hydrogen) atoms. The summed E-state index contributed by atoms with van der Waals surface area (Å²) >= 11 is 6.86. The van der Waals surface area contributed by atoms with Crippen LogP contribution in [0.3, 0.4) is 0 Å². The second kappa shape index (κ2) is 9.51. The molecule has 170 valence electrons. The van der Waals surface area contributed by atoms with Crippen molar-refractivity contribution in [1.82, 2.24) is 9.71 Å². The predicted molar refractivity (Wildman–Crippen MR) is 122 cm³/mol. The molecule has 0 atom stereocenters. The van der Waals surface area contributed by atoms with Gasteiger partial charge in [0, 0.05) is 22.0 Å². The van der Waals surface area contributed by atoms with Gasteiger partial charge in [0.2, 0.25) is 10.0 Å². The Morgan fingerprint density at radius 3 is 2.38 bits per heavy atom. The van der Waals surface area contributed by atoms with Crippen LogP contribution in [0.1, 0.15) is 26.5 Å². The third-order valence-corrected chi connectivity index (χ3v) is 6.26. The Balaban J connectivity index is 1.95. The lowest BCUT2D eigenvalue weighted by atomic mass is 10.1. The first-order chi connectivity index (χ1) is 14.9. The van der Waals surface area contributed by atoms with E-state index in [9.17, 15) is 13.2 Å². The SMILES string of the molecule is Cc1sc(N(Cc2ccccc2)CC(F)(F)c2ccc(Cl)cc2)nc1C(=O)NS(C)(=O)=O. The number of aryl methyl sites for hydroxylation is 1. The molecule has 1 amide bonds. The number of rotatable bonds is 8. The third-order valence-electron chi connectivity index (χ3n) is 4.42. The molecule has 0 aliphatic rings. The highest BCUT2D eigenvalue weighted by Gasteiger charge is 2.35. The van der Waals surface area contributed by atoms with Gasteiger partial charge in [-0.2, -0.15) is 8.78 Å². The Bertz CT molecular complexity index is 1200. The quantitative estimate of drug-likeness (QED) is 0.490. The summed E-state index contributed by atoms with van der Waals surface area (Å²) in [6.07, 6.45) is 0.849. The number of benzene rings is 2. The van der Waals surface area contributed by atoms with Crippen LogP contribution in [-0.4, -0.2) is 32.1 Å². The number of sulfonamides is 1. The molecule has 0 bridgehead atoms. The molecule has 0 spiro atoms. The lowest BCUT2D eigenvalue weighted by Crippen LogP contribution is -2.35. The molecule has 6 nitrogen and oxygen atoms in total. The minimum atomic E-state index is -3.80. The Labute approximate surface area is 193 Å². The summed E-state index contributed by atoms with van der Waals surface area (Å²) in [7, 11) is -3.80. The molecule has 1 heterocycles. The van der Waals surface area contributed by atoms with Crippen molar-refractivity contribution in [1.29, 1.82) is 0 Å². The van der Waals surface area contributed by atoms with Crippen LogP contribution in [0.5, 0.6) is 0 Å². The van der Waals surface area contributed by atoms with Crippen molar-refractivity contribution in [2.24, 2.45) is 0 Å². The maximum absolute atomic E-state index is 15.1. The van der Waals surface area contributed by atoms with Crippen molar-refractivity contribution < 1.29 is 22.0 Å². The number of carbonyl (C=O) groups is 1. The summed E-state index contributed by atoms with van der Waals surface area (Å²) in [6, 6.07) is 14.3. The fourth-order valence-electron chi connectivity index (χ4n) is 2.96. The Kier molecular flexibility index (Phi) is 7.16. The van der Waals surface area contributed by atoms with E-state index in [0.717, 1.165) is 23.2 Å². The van der Waals surface area contributed by atoms with Crippen molar-refractivity contribution in [3.8, 4) is 0 Å². The van der Waals surface area contributed by atoms with Crippen LogP contribution in [0.4, 0.5) is 13.9 Å². The molecule has 0 aliphatic heterocycles. The molecule has 3 aromatic rings. The van der Waals surface area contributed by atoms with E-state index in [1.54, 1.807) is 31.2 Å². The standard InChI is InChI=1S/C21H20ClF2N3O3S2/c1-14-18(19(28)26-32(2,29)30)25-20(31-14)27(12-15-6-4-3-5-7-15)13-21(23,24)16-8-10-17(22)11-9-16/h3-11H,12-13H2,1-2H3,(H,26,28). The number of carbonyl (C=O) groups excluding carboxylic acids is 1. The van der Waals surface area contributed by atoms with Crippen LogP contribution in [0.25, 0.3) is 0 Å². The summed E-state index contributed by atoms with van der Waals surface area (Å²) in [4.78, 5) is 18.3. The highest BCUT2D eigenvalue weighted by molar-refractivity contribution is 7.89. The maximum Gasteiger partial charge on any atom is 0.290 e. The molecule has 11 heteroatoms. The first-order valence-corrected chi connectivity index (χ1v) is 12.5. The van der Waals surface area contributed by atoms with Gasteiger partial charge >= 0.3 is 0 Å². The van der Waals surface area contributed by atoms with Gasteiger partial charge < -0.3 is 4.90 Å². The second-order valence-electron chi connectivity index (χ2n) is 7.16. The van der Waals surface area contributed by atoms with Crippen molar-refractivity contribution in [2.75, 3.05) is 17.7 Å². The molecule has 0 saturated heterocycles. The lowest BCUT2D eigenvalue weighted by molar-refractivity contribution is 0.00359. The summed E-state index contributed by atoms with van der Waals surface area (Å²) in [6.45, 7) is 0.990. The van der Waals surface area contributed by atoms with E-state index < -0.39 is 28.4 Å². The Morgan fingerprint density at radius 2 is 1.78 bits per heavy atom. The van der Waals surface area contributed by atoms with Gasteiger partial charge in [-0.15, -0.1) is 11.3 Å². The van der Waals surface area contributed by atoms with Crippen molar-refractivity contribution in [2.45, 2.75) is 19.4 Å². The molecule has 3 rings (SSSR count). The molecule has 1 N–H and O–H groups in total. The fraction of sp³-hybridized carbons (Fsp3) is 0.238. The average molecular weight is 500 g/mol. The van der Waals surface area contributed by atoms with Crippen LogP contribution in [0.2, 0.25) is 5.02 Å². The van der Waals surface area contributed by atoms with Crippen molar-refractivity contribution in [3.63, 3.8) is 0 Å². The number of hydrogen-bond acceptors (Lipinski definition) is 6. The predicted octanol–water partition coefficient (Wildman–Crippen LogP) is 4.59. The Morgan fingerprint density at radius 1 is 1.16 bits per heavy atom. The molecule has 2 aromatic carbocycles. The van der Waals surface area contributed by atoms with E-state index in [-0.39, 0.29) is 22.9 Å². The van der Waals surface area contributed by atoms with Gasteiger partial charge in [0.15, 0.2) is 5.13 Å². The van der Waals surface area contributed by atoms with Gasteiger partial charge in [0.05, 0.1) is 12.8 Å². The number of anilines is 1. The minimum Gasteiger partial charge on any atom is -0.337 e. The van der Waals surface area contributed by atoms with E-state index in [0.29, 0.717) is 9.90 Å². The van der Waals surface area contributed by atoms with Crippen molar-refractivity contribution >= 4 is 44.0 Å².